The summed E-state index contributed by atoms with van der Waals surface area (Å²) in [6.07, 6.45) is 4.92. The first kappa shape index (κ1) is 17.5. The quantitative estimate of drug-likeness (QED) is 0.721. The molecule has 0 saturated heterocycles. The fourth-order valence-corrected chi connectivity index (χ4v) is 2.54. The summed E-state index contributed by atoms with van der Waals surface area (Å²) in [6.45, 7) is 9.20. The van der Waals surface area contributed by atoms with Crippen molar-refractivity contribution in [2.24, 2.45) is 5.92 Å². The van der Waals surface area contributed by atoms with E-state index < -0.39 is 0 Å². The van der Waals surface area contributed by atoms with Gasteiger partial charge in [0.05, 0.1) is 30.1 Å². The molecule has 0 spiro atoms. The largest absolute Gasteiger partial charge is 0.383 e. The van der Waals surface area contributed by atoms with Crippen LogP contribution in [0.2, 0.25) is 5.02 Å². The van der Waals surface area contributed by atoms with E-state index in [1.165, 1.54) is 0 Å². The van der Waals surface area contributed by atoms with Gasteiger partial charge < -0.3 is 10.1 Å². The van der Waals surface area contributed by atoms with Gasteiger partial charge in [0.25, 0.3) is 0 Å². The molecule has 20 heavy (non-hydrogen) atoms. The first-order chi connectivity index (χ1) is 9.60. The molecular weight excluding hydrogens is 274 g/mol. The molecule has 0 amide bonds. The van der Waals surface area contributed by atoms with Crippen molar-refractivity contribution in [2.75, 3.05) is 20.3 Å². The van der Waals surface area contributed by atoms with Gasteiger partial charge in [0.1, 0.15) is 0 Å². The molecule has 1 aromatic rings. The highest BCUT2D eigenvalue weighted by molar-refractivity contribution is 6.31. The van der Waals surface area contributed by atoms with Gasteiger partial charge in [0.2, 0.25) is 0 Å². The Bertz CT molecular complexity index is 379. The molecule has 0 aliphatic carbocycles. The Balaban J connectivity index is 2.59. The molecule has 1 rings (SSSR count). The third-order valence-corrected chi connectivity index (χ3v) is 3.87. The van der Waals surface area contributed by atoms with Crippen LogP contribution in [0.4, 0.5) is 0 Å². The summed E-state index contributed by atoms with van der Waals surface area (Å²) in [6, 6.07) is 0.525. The van der Waals surface area contributed by atoms with Crippen LogP contribution in [0.3, 0.4) is 0 Å². The number of hydrogen-bond acceptors (Lipinski definition) is 3. The molecular formula is C15H28ClN3O. The van der Waals surface area contributed by atoms with E-state index in [1.807, 2.05) is 4.68 Å². The number of nitrogens with zero attached hydrogens (tertiary/aromatic N) is 2. The molecule has 1 heterocycles. The molecule has 116 valence electrons. The minimum Gasteiger partial charge on any atom is -0.383 e. The molecule has 0 aliphatic heterocycles. The zero-order chi connectivity index (χ0) is 15.0. The Morgan fingerprint density at radius 3 is 2.80 bits per heavy atom. The summed E-state index contributed by atoms with van der Waals surface area (Å²) >= 11 is 6.25. The van der Waals surface area contributed by atoms with Crippen molar-refractivity contribution in [1.82, 2.24) is 15.1 Å². The maximum absolute atomic E-state index is 6.25. The topological polar surface area (TPSA) is 39.1 Å². The zero-order valence-corrected chi connectivity index (χ0v) is 13.9. The molecule has 0 saturated carbocycles. The summed E-state index contributed by atoms with van der Waals surface area (Å²) in [4.78, 5) is 0. The first-order valence-corrected chi connectivity index (χ1v) is 7.90. The molecule has 0 fully saturated rings. The minimum atomic E-state index is 0.525. The van der Waals surface area contributed by atoms with Crippen molar-refractivity contribution in [3.05, 3.63) is 16.9 Å². The van der Waals surface area contributed by atoms with Crippen LogP contribution in [0.25, 0.3) is 0 Å². The lowest BCUT2D eigenvalue weighted by atomic mass is 9.98. The number of ether oxygens (including phenoxy) is 1. The third-order valence-electron chi connectivity index (χ3n) is 3.56. The third kappa shape index (κ3) is 5.43. The molecule has 1 atom stereocenters. The molecule has 0 radical (unpaired) electrons. The number of halogens is 1. The number of aromatic nitrogens is 2. The molecule has 0 bridgehead atoms. The van der Waals surface area contributed by atoms with E-state index in [0.29, 0.717) is 18.6 Å². The van der Waals surface area contributed by atoms with E-state index >= 15 is 0 Å². The fourth-order valence-electron chi connectivity index (χ4n) is 2.30. The lowest BCUT2D eigenvalue weighted by Gasteiger charge is -2.22. The van der Waals surface area contributed by atoms with Gasteiger partial charge in [-0.1, -0.05) is 32.4 Å². The maximum atomic E-state index is 6.25. The normalized spacial score (nSPS) is 13.1. The van der Waals surface area contributed by atoms with Crippen LogP contribution >= 0.6 is 11.6 Å². The van der Waals surface area contributed by atoms with Gasteiger partial charge in [-0.2, -0.15) is 5.10 Å². The smallest absolute Gasteiger partial charge is 0.0817 e. The molecule has 1 aromatic heterocycles. The lowest BCUT2D eigenvalue weighted by Crippen LogP contribution is -2.35. The van der Waals surface area contributed by atoms with E-state index in [4.69, 9.17) is 16.3 Å². The second-order valence-corrected chi connectivity index (χ2v) is 5.91. The van der Waals surface area contributed by atoms with E-state index in [0.717, 1.165) is 43.1 Å². The highest BCUT2D eigenvalue weighted by Gasteiger charge is 2.15. The molecule has 5 heteroatoms. The Morgan fingerprint density at radius 1 is 1.45 bits per heavy atom. The van der Waals surface area contributed by atoms with Crippen LogP contribution in [0, 0.1) is 5.92 Å². The predicted molar refractivity (Wildman–Crippen MR) is 84.4 cm³/mol. The molecule has 1 N–H and O–H groups in total. The summed E-state index contributed by atoms with van der Waals surface area (Å²) in [5, 5.41) is 8.70. The van der Waals surface area contributed by atoms with Crippen molar-refractivity contribution in [3.63, 3.8) is 0 Å². The Hall–Kier alpha value is -0.580. The fraction of sp³-hybridized carbons (Fsp3) is 0.800. The van der Waals surface area contributed by atoms with Gasteiger partial charge in [-0.15, -0.1) is 0 Å². The second-order valence-electron chi connectivity index (χ2n) is 5.50. The predicted octanol–water partition coefficient (Wildman–Crippen LogP) is 3.14. The van der Waals surface area contributed by atoms with Crippen molar-refractivity contribution in [1.29, 1.82) is 0 Å². The second kappa shape index (κ2) is 9.37. The van der Waals surface area contributed by atoms with Crippen molar-refractivity contribution >= 4 is 11.6 Å². The molecule has 4 nitrogen and oxygen atoms in total. The standard InChI is InChI=1S/C15H28ClN3O/c1-5-8-17-14(12(2)3)6-7-15-13(16)11-18-19(15)9-10-20-4/h11-12,14,17H,5-10H2,1-4H3. The van der Waals surface area contributed by atoms with Crippen molar-refractivity contribution in [3.8, 4) is 0 Å². The number of hydrogen-bond donors (Lipinski definition) is 1. The molecule has 1 unspecified atom stereocenters. The Morgan fingerprint density at radius 2 is 2.20 bits per heavy atom. The van der Waals surface area contributed by atoms with Gasteiger partial charge >= 0.3 is 0 Å². The Kier molecular flexibility index (Phi) is 8.19. The van der Waals surface area contributed by atoms with Crippen LogP contribution < -0.4 is 5.32 Å². The average molecular weight is 302 g/mol. The van der Waals surface area contributed by atoms with Crippen LogP contribution in [-0.2, 0) is 17.7 Å². The van der Waals surface area contributed by atoms with E-state index in [2.05, 4.69) is 31.2 Å². The maximum Gasteiger partial charge on any atom is 0.0817 e. The Labute approximate surface area is 127 Å². The zero-order valence-electron chi connectivity index (χ0n) is 13.2. The minimum absolute atomic E-state index is 0.525. The van der Waals surface area contributed by atoms with Gasteiger partial charge in [-0.3, -0.25) is 4.68 Å². The average Bonchev–Trinajstić information content (AvgIpc) is 2.77. The van der Waals surface area contributed by atoms with Gasteiger partial charge in [-0.05, 0) is 31.7 Å². The summed E-state index contributed by atoms with van der Waals surface area (Å²) < 4.78 is 7.07. The van der Waals surface area contributed by atoms with Crippen LogP contribution in [-0.4, -0.2) is 36.1 Å². The summed E-state index contributed by atoms with van der Waals surface area (Å²) in [5.41, 5.74) is 1.12. The van der Waals surface area contributed by atoms with Gasteiger partial charge in [-0.25, -0.2) is 0 Å². The highest BCUT2D eigenvalue weighted by Crippen LogP contribution is 2.19. The lowest BCUT2D eigenvalue weighted by molar-refractivity contribution is 0.182. The van der Waals surface area contributed by atoms with Crippen molar-refractivity contribution < 1.29 is 4.74 Å². The van der Waals surface area contributed by atoms with Crippen LogP contribution in [0.15, 0.2) is 6.20 Å². The van der Waals surface area contributed by atoms with E-state index in [-0.39, 0.29) is 0 Å². The van der Waals surface area contributed by atoms with Gasteiger partial charge in [0, 0.05) is 13.2 Å². The monoisotopic (exact) mass is 301 g/mol. The number of rotatable bonds is 10. The SMILES string of the molecule is CCCNC(CCc1c(Cl)cnn1CCOC)C(C)C. The summed E-state index contributed by atoms with van der Waals surface area (Å²) in [5.74, 6) is 0.621. The van der Waals surface area contributed by atoms with E-state index in [1.54, 1.807) is 13.3 Å². The number of nitrogens with one attached hydrogen (secondary N) is 1. The molecule has 0 aliphatic rings. The molecule has 0 aromatic carbocycles. The highest BCUT2D eigenvalue weighted by atomic mass is 35.5. The van der Waals surface area contributed by atoms with E-state index in [9.17, 15) is 0 Å². The van der Waals surface area contributed by atoms with Crippen LogP contribution in [0.1, 0.15) is 39.3 Å². The summed E-state index contributed by atoms with van der Waals surface area (Å²) in [7, 11) is 1.70. The first-order valence-electron chi connectivity index (χ1n) is 7.52. The van der Waals surface area contributed by atoms with Crippen LogP contribution in [0.5, 0.6) is 0 Å². The van der Waals surface area contributed by atoms with Crippen molar-refractivity contribution in [2.45, 2.75) is 52.6 Å². The van der Waals surface area contributed by atoms with Gasteiger partial charge in [0.15, 0.2) is 0 Å². The number of methoxy groups -OCH3 is 1.